The average molecular weight is 506 g/mol. The molecule has 2 aromatic carbocycles. The summed E-state index contributed by atoms with van der Waals surface area (Å²) in [4.78, 5) is 35.1. The van der Waals surface area contributed by atoms with Crippen LogP contribution in [0.1, 0.15) is 10.4 Å². The molecular weight excluding hydrogens is 486 g/mol. The standard InChI is InChI=1S/C20H19N5O7S2/c1-30-14-7-11(8-15(31-2)17(14)32-3)18(27)22-19-23-24-20(34-19)33-10-16(26)21-12-5-4-6-13(9-12)25(28)29/h4-9H,10H2,1-3H3,(H,21,26)(H,22,23,27). The highest BCUT2D eigenvalue weighted by Crippen LogP contribution is 2.38. The minimum absolute atomic E-state index is 0.00184. The van der Waals surface area contributed by atoms with Gasteiger partial charge in [-0.1, -0.05) is 29.2 Å². The first-order valence-electron chi connectivity index (χ1n) is 9.46. The summed E-state index contributed by atoms with van der Waals surface area (Å²) in [6.07, 6.45) is 0. The van der Waals surface area contributed by atoms with Gasteiger partial charge in [-0.25, -0.2) is 0 Å². The summed E-state index contributed by atoms with van der Waals surface area (Å²) < 4.78 is 16.2. The normalized spacial score (nSPS) is 10.3. The number of hydrogen-bond acceptors (Lipinski definition) is 11. The first-order valence-corrected chi connectivity index (χ1v) is 11.3. The Labute approximate surface area is 201 Å². The maximum atomic E-state index is 12.7. The third-order valence-corrected chi connectivity index (χ3v) is 6.19. The molecule has 2 N–H and O–H groups in total. The van der Waals surface area contributed by atoms with E-state index in [9.17, 15) is 19.7 Å². The van der Waals surface area contributed by atoms with E-state index in [4.69, 9.17) is 14.2 Å². The van der Waals surface area contributed by atoms with E-state index in [1.54, 1.807) is 6.07 Å². The molecule has 2 amide bonds. The zero-order chi connectivity index (χ0) is 24.7. The number of nitrogens with one attached hydrogen (secondary N) is 2. The van der Waals surface area contributed by atoms with Gasteiger partial charge in [0.15, 0.2) is 15.8 Å². The van der Waals surface area contributed by atoms with Gasteiger partial charge < -0.3 is 19.5 Å². The summed E-state index contributed by atoms with van der Waals surface area (Å²) in [5.41, 5.74) is 0.452. The number of amides is 2. The van der Waals surface area contributed by atoms with Crippen molar-refractivity contribution in [1.29, 1.82) is 0 Å². The molecule has 12 nitrogen and oxygen atoms in total. The van der Waals surface area contributed by atoms with Crippen molar-refractivity contribution in [2.45, 2.75) is 4.34 Å². The van der Waals surface area contributed by atoms with E-state index in [1.165, 1.54) is 51.7 Å². The zero-order valence-electron chi connectivity index (χ0n) is 18.2. The smallest absolute Gasteiger partial charge is 0.271 e. The van der Waals surface area contributed by atoms with E-state index in [2.05, 4.69) is 20.8 Å². The summed E-state index contributed by atoms with van der Waals surface area (Å²) in [7, 11) is 4.36. The van der Waals surface area contributed by atoms with E-state index >= 15 is 0 Å². The van der Waals surface area contributed by atoms with Gasteiger partial charge >= 0.3 is 0 Å². The van der Waals surface area contributed by atoms with Gasteiger partial charge in [0.05, 0.1) is 32.0 Å². The Morgan fingerprint density at radius 1 is 1.06 bits per heavy atom. The van der Waals surface area contributed by atoms with Crippen LogP contribution in [0.5, 0.6) is 17.2 Å². The van der Waals surface area contributed by atoms with E-state index in [-0.39, 0.29) is 28.0 Å². The monoisotopic (exact) mass is 505 g/mol. The van der Waals surface area contributed by atoms with Crippen LogP contribution in [-0.4, -0.2) is 54.0 Å². The molecule has 0 spiro atoms. The molecular formula is C20H19N5O7S2. The number of carbonyl (C=O) groups excluding carboxylic acids is 2. The quantitative estimate of drug-likeness (QED) is 0.181. The molecule has 178 valence electrons. The van der Waals surface area contributed by atoms with Crippen molar-refractivity contribution in [2.75, 3.05) is 37.7 Å². The molecule has 0 bridgehead atoms. The van der Waals surface area contributed by atoms with Gasteiger partial charge in [0.2, 0.25) is 16.8 Å². The molecule has 14 heteroatoms. The van der Waals surface area contributed by atoms with E-state index in [1.807, 2.05) is 0 Å². The van der Waals surface area contributed by atoms with Gasteiger partial charge in [0, 0.05) is 23.4 Å². The molecule has 0 atom stereocenters. The van der Waals surface area contributed by atoms with Crippen LogP contribution in [0.15, 0.2) is 40.7 Å². The number of non-ortho nitro benzene ring substituents is 1. The number of benzene rings is 2. The summed E-state index contributed by atoms with van der Waals surface area (Å²) in [6.45, 7) is 0. The number of ether oxygens (including phenoxy) is 3. The number of hydrogen-bond donors (Lipinski definition) is 2. The predicted molar refractivity (Wildman–Crippen MR) is 126 cm³/mol. The minimum Gasteiger partial charge on any atom is -0.493 e. The Hall–Kier alpha value is -3.91. The second-order valence-electron chi connectivity index (χ2n) is 6.39. The Bertz CT molecular complexity index is 1190. The van der Waals surface area contributed by atoms with Crippen LogP contribution < -0.4 is 24.8 Å². The fourth-order valence-electron chi connectivity index (χ4n) is 2.72. The van der Waals surface area contributed by atoms with E-state index in [0.717, 1.165) is 23.1 Å². The summed E-state index contributed by atoms with van der Waals surface area (Å²) in [5.74, 6) is 0.183. The molecule has 3 rings (SSSR count). The summed E-state index contributed by atoms with van der Waals surface area (Å²) in [5, 5.41) is 24.2. The molecule has 1 aromatic heterocycles. The number of rotatable bonds is 10. The lowest BCUT2D eigenvalue weighted by Gasteiger charge is -2.13. The maximum absolute atomic E-state index is 12.7. The topological polar surface area (TPSA) is 155 Å². The molecule has 0 unspecified atom stereocenters. The highest BCUT2D eigenvalue weighted by atomic mass is 32.2. The highest BCUT2D eigenvalue weighted by molar-refractivity contribution is 8.01. The van der Waals surface area contributed by atoms with Gasteiger partial charge in [0.1, 0.15) is 0 Å². The first kappa shape index (κ1) is 24.7. The molecule has 0 saturated heterocycles. The molecule has 1 heterocycles. The number of carbonyl (C=O) groups is 2. The molecule has 0 aliphatic rings. The predicted octanol–water partition coefficient (Wildman–Crippen LogP) is 3.46. The number of anilines is 2. The van der Waals surface area contributed by atoms with Crippen molar-refractivity contribution < 1.29 is 28.7 Å². The van der Waals surface area contributed by atoms with Crippen molar-refractivity contribution >= 4 is 51.4 Å². The molecule has 0 saturated carbocycles. The number of nitrogens with zero attached hydrogens (tertiary/aromatic N) is 3. The fourth-order valence-corrected chi connectivity index (χ4v) is 4.27. The number of aromatic nitrogens is 2. The lowest BCUT2D eigenvalue weighted by molar-refractivity contribution is -0.384. The number of nitro benzene ring substituents is 1. The Balaban J connectivity index is 1.59. The molecule has 3 aromatic rings. The average Bonchev–Trinajstić information content (AvgIpc) is 3.29. The third kappa shape index (κ3) is 6.11. The number of nitro groups is 1. The van der Waals surface area contributed by atoms with Crippen LogP contribution >= 0.6 is 23.1 Å². The lowest BCUT2D eigenvalue weighted by Crippen LogP contribution is -2.14. The van der Waals surface area contributed by atoms with Crippen LogP contribution in [0, 0.1) is 10.1 Å². The molecule has 34 heavy (non-hydrogen) atoms. The molecule has 0 aliphatic heterocycles. The molecule has 0 aliphatic carbocycles. The summed E-state index contributed by atoms with van der Waals surface area (Å²) in [6, 6.07) is 8.65. The lowest BCUT2D eigenvalue weighted by atomic mass is 10.1. The van der Waals surface area contributed by atoms with Gasteiger partial charge in [-0.3, -0.25) is 25.0 Å². The fraction of sp³-hybridized carbons (Fsp3) is 0.200. The largest absolute Gasteiger partial charge is 0.493 e. The Morgan fingerprint density at radius 3 is 2.38 bits per heavy atom. The zero-order valence-corrected chi connectivity index (χ0v) is 19.8. The number of methoxy groups -OCH3 is 3. The van der Waals surface area contributed by atoms with E-state index < -0.39 is 10.8 Å². The Morgan fingerprint density at radius 2 is 1.76 bits per heavy atom. The molecule has 0 radical (unpaired) electrons. The van der Waals surface area contributed by atoms with Crippen molar-refractivity contribution in [3.63, 3.8) is 0 Å². The Kier molecular flexibility index (Phi) is 8.21. The van der Waals surface area contributed by atoms with Gasteiger partial charge in [-0.2, -0.15) is 0 Å². The third-order valence-electron chi connectivity index (χ3n) is 4.22. The van der Waals surface area contributed by atoms with Gasteiger partial charge in [-0.15, -0.1) is 10.2 Å². The van der Waals surface area contributed by atoms with Crippen molar-refractivity contribution in [3.05, 3.63) is 52.1 Å². The van der Waals surface area contributed by atoms with Gasteiger partial charge in [-0.05, 0) is 18.2 Å². The van der Waals surface area contributed by atoms with Crippen LogP contribution in [0.3, 0.4) is 0 Å². The number of thioether (sulfide) groups is 1. The van der Waals surface area contributed by atoms with Crippen molar-refractivity contribution in [1.82, 2.24) is 10.2 Å². The summed E-state index contributed by atoms with van der Waals surface area (Å²) >= 11 is 2.20. The highest BCUT2D eigenvalue weighted by Gasteiger charge is 2.18. The van der Waals surface area contributed by atoms with Crippen molar-refractivity contribution in [3.8, 4) is 17.2 Å². The maximum Gasteiger partial charge on any atom is 0.271 e. The first-order chi connectivity index (χ1) is 16.3. The second-order valence-corrected chi connectivity index (χ2v) is 8.59. The molecule has 0 fully saturated rings. The van der Waals surface area contributed by atoms with Crippen LogP contribution in [0.4, 0.5) is 16.5 Å². The van der Waals surface area contributed by atoms with Crippen molar-refractivity contribution in [2.24, 2.45) is 0 Å². The minimum atomic E-state index is -0.542. The second kappa shape index (κ2) is 11.3. The SMILES string of the molecule is COc1cc(C(=O)Nc2nnc(SCC(=O)Nc3cccc([N+](=O)[O-])c3)s2)cc(OC)c1OC. The van der Waals surface area contributed by atoms with Crippen LogP contribution in [0.2, 0.25) is 0 Å². The van der Waals surface area contributed by atoms with Gasteiger partial charge in [0.25, 0.3) is 11.6 Å². The van der Waals surface area contributed by atoms with E-state index in [0.29, 0.717) is 27.3 Å². The van der Waals surface area contributed by atoms with Crippen LogP contribution in [0.25, 0.3) is 0 Å². The van der Waals surface area contributed by atoms with Crippen LogP contribution in [-0.2, 0) is 4.79 Å².